The number of ether oxygens (including phenoxy) is 1. The van der Waals surface area contributed by atoms with E-state index in [0.29, 0.717) is 6.61 Å². The number of carbonyl (C=O) groups is 1. The normalized spacial score (nSPS) is 15.4. The fraction of sp³-hybridized carbons (Fsp3) is 0.316. The van der Waals surface area contributed by atoms with Crippen molar-refractivity contribution in [2.24, 2.45) is 0 Å². The number of amides is 1. The van der Waals surface area contributed by atoms with Crippen LogP contribution in [0.2, 0.25) is 0 Å². The summed E-state index contributed by atoms with van der Waals surface area (Å²) in [6.45, 7) is 3.88. The zero-order valence-electron chi connectivity index (χ0n) is 15.1. The number of hydrogen-bond acceptors (Lipinski definition) is 4. The Bertz CT molecular complexity index is 939. The van der Waals surface area contributed by atoms with Crippen LogP contribution in [0.5, 0.6) is 0 Å². The molecular formula is C19H21FN2O4S. The summed E-state index contributed by atoms with van der Waals surface area (Å²) in [4.78, 5) is 11.4. The first kappa shape index (κ1) is 19.5. The summed E-state index contributed by atoms with van der Waals surface area (Å²) in [5.74, 6) is -0.646. The van der Waals surface area contributed by atoms with E-state index < -0.39 is 10.0 Å². The van der Waals surface area contributed by atoms with Crippen LogP contribution in [-0.4, -0.2) is 37.8 Å². The molecule has 0 atom stereocenters. The lowest BCUT2D eigenvalue weighted by molar-refractivity contribution is -0.114. The van der Waals surface area contributed by atoms with Crippen molar-refractivity contribution in [3.8, 4) is 0 Å². The second kappa shape index (κ2) is 7.75. The van der Waals surface area contributed by atoms with Crippen LogP contribution in [0.3, 0.4) is 0 Å². The fourth-order valence-electron chi connectivity index (χ4n) is 2.77. The average Bonchev–Trinajstić information content (AvgIpc) is 2.56. The zero-order valence-corrected chi connectivity index (χ0v) is 15.9. The van der Waals surface area contributed by atoms with Gasteiger partial charge < -0.3 is 10.1 Å². The van der Waals surface area contributed by atoms with E-state index in [1.807, 2.05) is 0 Å². The Morgan fingerprint density at radius 2 is 1.89 bits per heavy atom. The van der Waals surface area contributed by atoms with Gasteiger partial charge in [-0.2, -0.15) is 4.31 Å². The Morgan fingerprint density at radius 1 is 1.22 bits per heavy atom. The molecule has 0 saturated carbocycles. The van der Waals surface area contributed by atoms with Gasteiger partial charge in [-0.3, -0.25) is 4.79 Å². The minimum atomic E-state index is -3.73. The monoisotopic (exact) mass is 392 g/mol. The van der Waals surface area contributed by atoms with Gasteiger partial charge in [0.2, 0.25) is 15.9 Å². The predicted octanol–water partition coefficient (Wildman–Crippen LogP) is 2.68. The molecule has 0 aromatic heterocycles. The van der Waals surface area contributed by atoms with Crippen molar-refractivity contribution in [1.82, 2.24) is 4.31 Å². The maximum absolute atomic E-state index is 12.9. The van der Waals surface area contributed by atoms with Gasteiger partial charge in [0, 0.05) is 20.0 Å². The number of anilines is 1. The van der Waals surface area contributed by atoms with Crippen molar-refractivity contribution in [3.05, 3.63) is 59.4 Å². The van der Waals surface area contributed by atoms with Gasteiger partial charge in [0.1, 0.15) is 10.7 Å². The Labute approximate surface area is 158 Å². The van der Waals surface area contributed by atoms with Crippen molar-refractivity contribution < 1.29 is 22.3 Å². The standard InChI is InChI=1S/C19H21FN2O4S/c1-13-3-8-18(21-14(2)23)19(9-13)27(24,25)22-10-17(11-22)26-12-15-4-6-16(20)7-5-15/h3-9,17H,10-12H2,1-2H3,(H,21,23). The first-order valence-corrected chi connectivity index (χ1v) is 9.94. The number of sulfonamides is 1. The Balaban J connectivity index is 1.65. The van der Waals surface area contributed by atoms with Crippen molar-refractivity contribution in [2.45, 2.75) is 31.5 Å². The molecule has 0 spiro atoms. The number of carbonyl (C=O) groups excluding carboxylic acids is 1. The lowest BCUT2D eigenvalue weighted by atomic mass is 10.2. The Hall–Kier alpha value is -2.29. The molecule has 0 unspecified atom stereocenters. The summed E-state index contributed by atoms with van der Waals surface area (Å²) in [5.41, 5.74) is 1.88. The molecule has 3 rings (SSSR count). The fourth-order valence-corrected chi connectivity index (χ4v) is 4.51. The van der Waals surface area contributed by atoms with E-state index in [1.54, 1.807) is 37.3 Å². The second-order valence-corrected chi connectivity index (χ2v) is 8.47. The first-order chi connectivity index (χ1) is 12.8. The lowest BCUT2D eigenvalue weighted by Crippen LogP contribution is -2.54. The number of halogens is 1. The van der Waals surface area contributed by atoms with Crippen LogP contribution in [0.4, 0.5) is 10.1 Å². The van der Waals surface area contributed by atoms with E-state index in [0.717, 1.165) is 11.1 Å². The highest BCUT2D eigenvalue weighted by Gasteiger charge is 2.38. The van der Waals surface area contributed by atoms with Gasteiger partial charge in [0.15, 0.2) is 0 Å². The van der Waals surface area contributed by atoms with Crippen molar-refractivity contribution >= 4 is 21.6 Å². The molecule has 1 N–H and O–H groups in total. The summed E-state index contributed by atoms with van der Waals surface area (Å²) in [5, 5.41) is 2.57. The molecule has 6 nitrogen and oxygen atoms in total. The van der Waals surface area contributed by atoms with Gasteiger partial charge in [-0.05, 0) is 42.3 Å². The Kier molecular flexibility index (Phi) is 5.59. The topological polar surface area (TPSA) is 75.7 Å². The summed E-state index contributed by atoms with van der Waals surface area (Å²) >= 11 is 0. The third-order valence-corrected chi connectivity index (χ3v) is 6.15. The minimum Gasteiger partial charge on any atom is -0.371 e. The maximum atomic E-state index is 12.9. The smallest absolute Gasteiger partial charge is 0.245 e. The van der Waals surface area contributed by atoms with E-state index >= 15 is 0 Å². The molecule has 2 aromatic rings. The number of nitrogens with zero attached hydrogens (tertiary/aromatic N) is 1. The number of rotatable bonds is 6. The van der Waals surface area contributed by atoms with E-state index in [4.69, 9.17) is 4.74 Å². The van der Waals surface area contributed by atoms with Crippen LogP contribution in [-0.2, 0) is 26.2 Å². The largest absolute Gasteiger partial charge is 0.371 e. The number of nitrogens with one attached hydrogen (secondary N) is 1. The summed E-state index contributed by atoms with van der Waals surface area (Å²) in [7, 11) is -3.73. The summed E-state index contributed by atoms with van der Waals surface area (Å²) < 4.78 is 45.7. The van der Waals surface area contributed by atoms with Gasteiger partial charge in [-0.25, -0.2) is 12.8 Å². The van der Waals surface area contributed by atoms with Gasteiger partial charge >= 0.3 is 0 Å². The van der Waals surface area contributed by atoms with E-state index in [1.165, 1.54) is 23.4 Å². The number of hydrogen-bond donors (Lipinski definition) is 1. The molecule has 0 bridgehead atoms. The van der Waals surface area contributed by atoms with Crippen molar-refractivity contribution in [3.63, 3.8) is 0 Å². The van der Waals surface area contributed by atoms with Gasteiger partial charge in [-0.1, -0.05) is 18.2 Å². The van der Waals surface area contributed by atoms with Crippen LogP contribution in [0.25, 0.3) is 0 Å². The molecule has 2 aromatic carbocycles. The van der Waals surface area contributed by atoms with Gasteiger partial charge in [0.25, 0.3) is 0 Å². The number of benzene rings is 2. The van der Waals surface area contributed by atoms with Gasteiger partial charge in [0.05, 0.1) is 18.4 Å². The molecular weight excluding hydrogens is 371 g/mol. The summed E-state index contributed by atoms with van der Waals surface area (Å²) in [6, 6.07) is 10.9. The molecule has 1 heterocycles. The average molecular weight is 392 g/mol. The van der Waals surface area contributed by atoms with E-state index in [2.05, 4.69) is 5.32 Å². The molecule has 1 aliphatic rings. The second-order valence-electron chi connectivity index (χ2n) is 6.56. The molecule has 1 aliphatic heterocycles. The van der Waals surface area contributed by atoms with Crippen LogP contribution >= 0.6 is 0 Å². The van der Waals surface area contributed by atoms with Crippen LogP contribution in [0.1, 0.15) is 18.1 Å². The minimum absolute atomic E-state index is 0.0784. The highest BCUT2D eigenvalue weighted by atomic mass is 32.2. The van der Waals surface area contributed by atoms with Crippen molar-refractivity contribution in [1.29, 1.82) is 0 Å². The molecule has 1 fully saturated rings. The summed E-state index contributed by atoms with van der Waals surface area (Å²) in [6.07, 6.45) is -0.223. The third kappa shape index (κ3) is 4.52. The number of aryl methyl sites for hydroxylation is 1. The van der Waals surface area contributed by atoms with Crippen LogP contribution in [0.15, 0.2) is 47.4 Å². The zero-order chi connectivity index (χ0) is 19.6. The maximum Gasteiger partial charge on any atom is 0.245 e. The third-order valence-electron chi connectivity index (χ3n) is 4.28. The SMILES string of the molecule is CC(=O)Nc1ccc(C)cc1S(=O)(=O)N1CC(OCc2ccc(F)cc2)C1. The quantitative estimate of drug-likeness (QED) is 0.820. The van der Waals surface area contributed by atoms with Crippen LogP contribution < -0.4 is 5.32 Å². The van der Waals surface area contributed by atoms with Crippen molar-refractivity contribution in [2.75, 3.05) is 18.4 Å². The predicted molar refractivity (Wildman–Crippen MR) is 99.2 cm³/mol. The highest BCUT2D eigenvalue weighted by molar-refractivity contribution is 7.89. The van der Waals surface area contributed by atoms with E-state index in [-0.39, 0.29) is 41.5 Å². The van der Waals surface area contributed by atoms with E-state index in [9.17, 15) is 17.6 Å². The first-order valence-electron chi connectivity index (χ1n) is 8.50. The molecule has 1 amide bonds. The molecule has 0 aliphatic carbocycles. The lowest BCUT2D eigenvalue weighted by Gasteiger charge is -2.38. The molecule has 8 heteroatoms. The molecule has 1 saturated heterocycles. The Morgan fingerprint density at radius 3 is 2.52 bits per heavy atom. The molecule has 27 heavy (non-hydrogen) atoms. The van der Waals surface area contributed by atoms with Gasteiger partial charge in [-0.15, -0.1) is 0 Å². The molecule has 0 radical (unpaired) electrons. The molecule has 144 valence electrons. The van der Waals surface area contributed by atoms with Crippen LogP contribution in [0, 0.1) is 12.7 Å². The highest BCUT2D eigenvalue weighted by Crippen LogP contribution is 2.29.